The van der Waals surface area contributed by atoms with Crippen LogP contribution in [-0.4, -0.2) is 0 Å². The predicted octanol–water partition coefficient (Wildman–Crippen LogP) is 14.7. The van der Waals surface area contributed by atoms with Crippen molar-refractivity contribution in [2.45, 2.75) is 37.5 Å². The van der Waals surface area contributed by atoms with E-state index in [0.29, 0.717) is 0 Å². The van der Waals surface area contributed by atoms with Crippen LogP contribution in [0.2, 0.25) is 0 Å². The quantitative estimate of drug-likeness (QED) is 0.163. The second-order valence-corrected chi connectivity index (χ2v) is 16.8. The molecule has 0 bridgehead atoms. The molecule has 0 saturated carbocycles. The van der Waals surface area contributed by atoms with Gasteiger partial charge in [-0.05, 0) is 126 Å². The highest BCUT2D eigenvalue weighted by Gasteiger charge is 2.48. The number of aryl methyl sites for hydroxylation is 1. The average molecular weight is 728 g/mol. The Morgan fingerprint density at radius 1 is 0.421 bits per heavy atom. The first-order valence-corrected chi connectivity index (χ1v) is 20.4. The third kappa shape index (κ3) is 4.46. The van der Waals surface area contributed by atoms with Crippen LogP contribution in [0, 0.1) is 0 Å². The van der Waals surface area contributed by atoms with Gasteiger partial charge in [0.25, 0.3) is 0 Å². The molecule has 0 heterocycles. The highest BCUT2D eigenvalue weighted by atomic mass is 15.1. The lowest BCUT2D eigenvalue weighted by Gasteiger charge is -2.31. The Morgan fingerprint density at radius 2 is 1.05 bits per heavy atom. The highest BCUT2D eigenvalue weighted by molar-refractivity contribution is 6.13. The van der Waals surface area contributed by atoms with Gasteiger partial charge in [-0.15, -0.1) is 0 Å². The van der Waals surface area contributed by atoms with E-state index in [4.69, 9.17) is 0 Å². The van der Waals surface area contributed by atoms with Crippen molar-refractivity contribution in [1.29, 1.82) is 0 Å². The zero-order valence-corrected chi connectivity index (χ0v) is 32.3. The molecule has 57 heavy (non-hydrogen) atoms. The van der Waals surface area contributed by atoms with Crippen molar-refractivity contribution < 1.29 is 0 Å². The van der Waals surface area contributed by atoms with Gasteiger partial charge in [0.2, 0.25) is 0 Å². The van der Waals surface area contributed by atoms with Gasteiger partial charge in [-0.1, -0.05) is 172 Å². The largest absolute Gasteiger partial charge is 0.310 e. The fourth-order valence-electron chi connectivity index (χ4n) is 11.2. The molecule has 0 fully saturated rings. The van der Waals surface area contributed by atoms with Gasteiger partial charge in [0.05, 0.1) is 5.69 Å². The van der Waals surface area contributed by atoms with Gasteiger partial charge >= 0.3 is 0 Å². The van der Waals surface area contributed by atoms with Gasteiger partial charge in [0.15, 0.2) is 0 Å². The second-order valence-electron chi connectivity index (χ2n) is 16.8. The Labute approximate surface area is 334 Å². The topological polar surface area (TPSA) is 3.24 Å². The van der Waals surface area contributed by atoms with Gasteiger partial charge in [0.1, 0.15) is 0 Å². The van der Waals surface area contributed by atoms with E-state index >= 15 is 0 Å². The Kier molecular flexibility index (Phi) is 6.79. The Bertz CT molecular complexity index is 3110. The van der Waals surface area contributed by atoms with Crippen molar-refractivity contribution in [2.24, 2.45) is 0 Å². The third-order valence-corrected chi connectivity index (χ3v) is 13.7. The number of hydrogen-bond acceptors (Lipinski definition) is 1. The first-order chi connectivity index (χ1) is 28.0. The molecule has 1 nitrogen and oxygen atoms in total. The van der Waals surface area contributed by atoms with Crippen LogP contribution in [0.1, 0.15) is 53.6 Å². The molecule has 0 aliphatic heterocycles. The van der Waals surface area contributed by atoms with Crippen LogP contribution >= 0.6 is 0 Å². The van der Waals surface area contributed by atoms with Crippen molar-refractivity contribution in [2.75, 3.05) is 4.90 Å². The van der Waals surface area contributed by atoms with Crippen LogP contribution in [0.15, 0.2) is 188 Å². The summed E-state index contributed by atoms with van der Waals surface area (Å²) in [7, 11) is 0. The summed E-state index contributed by atoms with van der Waals surface area (Å²) >= 11 is 0. The molecule has 9 aromatic carbocycles. The minimum absolute atomic E-state index is 0.0875. The first-order valence-electron chi connectivity index (χ1n) is 20.4. The standard InChI is InChI=1S/C56H41N/c1-55(2)50-22-9-6-17-45(50)48-20-11-18-42(54(48)55)37-25-28-39(29-26-37)57(53-24-12-19-43-41-15-5-3-13-36(41)27-31-47(43)53)40-30-32-46-44-16-7-10-23-51(44)56(52(46)35-40)34-33-38-14-4-8-21-49(38)56/h3-32,35H,33-34H2,1-2H3. The van der Waals surface area contributed by atoms with Crippen LogP contribution in [0.25, 0.3) is 54.9 Å². The van der Waals surface area contributed by atoms with E-state index in [1.165, 1.54) is 99.7 Å². The molecule has 9 aromatic rings. The second kappa shape index (κ2) is 11.9. The van der Waals surface area contributed by atoms with Gasteiger partial charge < -0.3 is 4.90 Å². The molecule has 3 aliphatic rings. The molecule has 3 aliphatic carbocycles. The van der Waals surface area contributed by atoms with Crippen molar-refractivity contribution in [3.63, 3.8) is 0 Å². The lowest BCUT2D eigenvalue weighted by Crippen LogP contribution is -2.24. The summed E-state index contributed by atoms with van der Waals surface area (Å²) in [6.07, 6.45) is 2.16. The van der Waals surface area contributed by atoms with Crippen LogP contribution in [0.5, 0.6) is 0 Å². The monoisotopic (exact) mass is 727 g/mol. The summed E-state index contributed by atoms with van der Waals surface area (Å²) in [6, 6.07) is 70.9. The molecule has 0 aromatic heterocycles. The molecular weight excluding hydrogens is 687 g/mol. The van der Waals surface area contributed by atoms with Crippen molar-refractivity contribution in [1.82, 2.24) is 0 Å². The summed E-state index contributed by atoms with van der Waals surface area (Å²) in [4.78, 5) is 2.51. The van der Waals surface area contributed by atoms with Crippen molar-refractivity contribution in [3.05, 3.63) is 221 Å². The summed E-state index contributed by atoms with van der Waals surface area (Å²) in [5.41, 5.74) is 19.8. The predicted molar refractivity (Wildman–Crippen MR) is 239 cm³/mol. The molecule has 0 N–H and O–H groups in total. The Balaban J connectivity index is 1.06. The minimum Gasteiger partial charge on any atom is -0.310 e. The van der Waals surface area contributed by atoms with E-state index in [1.807, 2.05) is 0 Å². The fourth-order valence-corrected chi connectivity index (χ4v) is 11.2. The molecule has 12 rings (SSSR count). The Morgan fingerprint density at radius 3 is 1.91 bits per heavy atom. The number of hydrogen-bond donors (Lipinski definition) is 0. The SMILES string of the molecule is CC1(C)c2ccccc2-c2cccc(-c3ccc(N(c4ccc5c(c4)C4(CCc6ccccc64)c4ccccc4-5)c4cccc5c4ccc4ccccc45)cc3)c21. The van der Waals surface area contributed by atoms with Crippen LogP contribution < -0.4 is 4.90 Å². The number of benzene rings is 9. The molecule has 1 atom stereocenters. The van der Waals surface area contributed by atoms with E-state index in [1.54, 1.807) is 0 Å². The normalized spacial score (nSPS) is 16.7. The Hall–Kier alpha value is -6.70. The lowest BCUT2D eigenvalue weighted by atomic mass is 9.73. The molecular formula is C56H41N. The third-order valence-electron chi connectivity index (χ3n) is 13.7. The summed E-state index contributed by atoms with van der Waals surface area (Å²) in [5.74, 6) is 0. The molecule has 0 saturated heterocycles. The van der Waals surface area contributed by atoms with Crippen molar-refractivity contribution >= 4 is 38.6 Å². The number of fused-ring (bicyclic) bond motifs is 13. The van der Waals surface area contributed by atoms with E-state index < -0.39 is 0 Å². The van der Waals surface area contributed by atoms with E-state index in [-0.39, 0.29) is 10.8 Å². The van der Waals surface area contributed by atoms with Crippen molar-refractivity contribution in [3.8, 4) is 33.4 Å². The van der Waals surface area contributed by atoms with Crippen LogP contribution in [0.4, 0.5) is 17.1 Å². The number of nitrogens with zero attached hydrogens (tertiary/aromatic N) is 1. The van der Waals surface area contributed by atoms with Crippen LogP contribution in [0.3, 0.4) is 0 Å². The number of anilines is 3. The zero-order valence-electron chi connectivity index (χ0n) is 32.3. The molecule has 270 valence electrons. The fraction of sp³-hybridized carbons (Fsp3) is 0.107. The average Bonchev–Trinajstić information content (AvgIpc) is 3.87. The molecule has 1 spiro atoms. The zero-order chi connectivity index (χ0) is 37.9. The molecule has 1 heteroatoms. The van der Waals surface area contributed by atoms with E-state index in [9.17, 15) is 0 Å². The number of rotatable bonds is 4. The summed E-state index contributed by atoms with van der Waals surface area (Å²) in [5, 5.41) is 5.05. The van der Waals surface area contributed by atoms with Gasteiger partial charge in [-0.25, -0.2) is 0 Å². The van der Waals surface area contributed by atoms with Gasteiger partial charge in [-0.2, -0.15) is 0 Å². The minimum atomic E-state index is -0.166. The maximum atomic E-state index is 2.52. The van der Waals surface area contributed by atoms with Gasteiger partial charge in [-0.3, -0.25) is 0 Å². The smallest absolute Gasteiger partial charge is 0.0540 e. The summed E-state index contributed by atoms with van der Waals surface area (Å²) < 4.78 is 0. The maximum Gasteiger partial charge on any atom is 0.0540 e. The summed E-state index contributed by atoms with van der Waals surface area (Å²) in [6.45, 7) is 4.76. The van der Waals surface area contributed by atoms with Crippen LogP contribution in [-0.2, 0) is 17.3 Å². The van der Waals surface area contributed by atoms with Gasteiger partial charge in [0, 0.05) is 27.6 Å². The molecule has 0 amide bonds. The highest BCUT2D eigenvalue weighted by Crippen LogP contribution is 2.59. The first kappa shape index (κ1) is 32.5. The molecule has 0 radical (unpaired) electrons. The lowest BCUT2D eigenvalue weighted by molar-refractivity contribution is 0.626. The molecule has 1 unspecified atom stereocenters. The van der Waals surface area contributed by atoms with E-state index in [0.717, 1.165) is 18.5 Å². The maximum absolute atomic E-state index is 2.52. The van der Waals surface area contributed by atoms with E-state index in [2.05, 4.69) is 207 Å².